The van der Waals surface area contributed by atoms with Gasteiger partial charge in [-0.2, -0.15) is 0 Å². The van der Waals surface area contributed by atoms with E-state index in [2.05, 4.69) is 9.05 Å². The van der Waals surface area contributed by atoms with Gasteiger partial charge in [0.2, 0.25) is 0 Å². The van der Waals surface area contributed by atoms with E-state index in [1.54, 1.807) is 0 Å². The van der Waals surface area contributed by atoms with Crippen LogP contribution in [0.25, 0.3) is 0 Å². The average molecular weight is 126 g/mol. The van der Waals surface area contributed by atoms with Crippen molar-refractivity contribution in [1.29, 1.82) is 0 Å². The highest BCUT2D eigenvalue weighted by atomic mass is 31.1. The van der Waals surface area contributed by atoms with Gasteiger partial charge in [0.15, 0.2) is 0 Å². The lowest BCUT2D eigenvalue weighted by atomic mass is 11.8. The Balaban J connectivity index is 0. The largest absolute Gasteiger partial charge is 0.318 e. The molecule has 0 aromatic carbocycles. The van der Waals surface area contributed by atoms with Gasteiger partial charge < -0.3 is 9.05 Å². The van der Waals surface area contributed by atoms with Crippen LogP contribution in [0.5, 0.6) is 0 Å². The van der Waals surface area contributed by atoms with E-state index < -0.39 is 8.25 Å². The zero-order valence-electron chi connectivity index (χ0n) is 3.72. The fourth-order valence-corrected chi connectivity index (χ4v) is 0.250. The molecule has 0 atom stereocenters. The fraction of sp³-hybridized carbons (Fsp3) is 1.00. The van der Waals surface area contributed by atoms with Gasteiger partial charge in [-0.1, -0.05) is 7.43 Å². The van der Waals surface area contributed by atoms with Gasteiger partial charge in [0, 0.05) is 14.2 Å². The van der Waals surface area contributed by atoms with Crippen LogP contribution in [0.1, 0.15) is 7.43 Å². The maximum Gasteiger partial charge on any atom is 0.318 e. The van der Waals surface area contributed by atoms with Crippen molar-refractivity contribution in [2.75, 3.05) is 14.2 Å². The topological polar surface area (TPSA) is 35.5 Å². The second-order valence-electron chi connectivity index (χ2n) is 0.658. The molecule has 0 aliphatic heterocycles. The van der Waals surface area contributed by atoms with Crippen molar-refractivity contribution in [1.82, 2.24) is 0 Å². The Morgan fingerprint density at radius 2 is 1.57 bits per heavy atom. The van der Waals surface area contributed by atoms with Crippen LogP contribution in [-0.2, 0) is 13.6 Å². The van der Waals surface area contributed by atoms with Crippen molar-refractivity contribution >= 4 is 8.25 Å². The maximum absolute atomic E-state index is 9.92. The molecule has 0 fully saturated rings. The SMILES string of the molecule is C.CO[PH](=O)OC. The van der Waals surface area contributed by atoms with Gasteiger partial charge in [-0.15, -0.1) is 0 Å². The Kier molecular flexibility index (Phi) is 8.96. The second kappa shape index (κ2) is 6.15. The first-order chi connectivity index (χ1) is 2.81. The first kappa shape index (κ1) is 10.2. The van der Waals surface area contributed by atoms with Gasteiger partial charge in [0.05, 0.1) is 0 Å². The third kappa shape index (κ3) is 6.15. The van der Waals surface area contributed by atoms with Crippen LogP contribution in [0.2, 0.25) is 0 Å². The maximum atomic E-state index is 9.92. The minimum Gasteiger partial charge on any atom is -0.314 e. The summed E-state index contributed by atoms with van der Waals surface area (Å²) in [6, 6.07) is 0. The first-order valence-electron chi connectivity index (χ1n) is 1.43. The number of hydrogen-bond donors (Lipinski definition) is 0. The summed E-state index contributed by atoms with van der Waals surface area (Å²) in [5, 5.41) is 0. The first-order valence-corrected chi connectivity index (χ1v) is 2.65. The Morgan fingerprint density at radius 3 is 1.57 bits per heavy atom. The van der Waals surface area contributed by atoms with E-state index in [0.717, 1.165) is 0 Å². The molecule has 0 aliphatic carbocycles. The molecule has 46 valence electrons. The Hall–Kier alpha value is 0.150. The molecule has 0 unspecified atom stereocenters. The summed E-state index contributed by atoms with van der Waals surface area (Å²) < 4.78 is 18.4. The average Bonchev–Trinajstić information content (AvgIpc) is 1.65. The van der Waals surface area contributed by atoms with Crippen LogP contribution in [0.4, 0.5) is 0 Å². The van der Waals surface area contributed by atoms with Crippen molar-refractivity contribution in [3.8, 4) is 0 Å². The molecular formula is C3H11O3P. The Bertz CT molecular complexity index is 48.1. The predicted molar refractivity (Wildman–Crippen MR) is 29.8 cm³/mol. The number of hydrogen-bond acceptors (Lipinski definition) is 3. The standard InChI is InChI=1S/C2H7O3P.CH4/c1-4-6(3)5-2;/h6H,1-2H3;1H4. The third-order valence-electron chi connectivity index (χ3n) is 0.333. The molecule has 0 spiro atoms. The highest BCUT2D eigenvalue weighted by Gasteiger charge is 1.83. The third-order valence-corrected chi connectivity index (χ3v) is 1.00. The molecule has 0 aliphatic rings. The summed E-state index contributed by atoms with van der Waals surface area (Å²) in [5.74, 6) is 0. The molecule has 4 heteroatoms. The van der Waals surface area contributed by atoms with Crippen LogP contribution in [-0.4, -0.2) is 14.2 Å². The van der Waals surface area contributed by atoms with Crippen LogP contribution < -0.4 is 0 Å². The Morgan fingerprint density at radius 1 is 1.29 bits per heavy atom. The summed E-state index contributed by atoms with van der Waals surface area (Å²) >= 11 is 0. The van der Waals surface area contributed by atoms with Gasteiger partial charge >= 0.3 is 8.25 Å². The van der Waals surface area contributed by atoms with Crippen molar-refractivity contribution in [3.63, 3.8) is 0 Å². The normalized spacial score (nSPS) is 8.43. The summed E-state index contributed by atoms with van der Waals surface area (Å²) in [5.41, 5.74) is 0. The summed E-state index contributed by atoms with van der Waals surface area (Å²) in [4.78, 5) is 0. The van der Waals surface area contributed by atoms with Crippen molar-refractivity contribution in [2.45, 2.75) is 7.43 Å². The smallest absolute Gasteiger partial charge is 0.314 e. The second-order valence-corrected chi connectivity index (χ2v) is 1.97. The Labute approximate surface area is 44.6 Å². The molecule has 0 radical (unpaired) electrons. The predicted octanol–water partition coefficient (Wildman–Crippen LogP) is 1.30. The molecule has 0 aromatic rings. The minimum atomic E-state index is -2.12. The van der Waals surface area contributed by atoms with E-state index >= 15 is 0 Å². The lowest BCUT2D eigenvalue weighted by Crippen LogP contribution is -1.66. The van der Waals surface area contributed by atoms with Crippen LogP contribution in [0.3, 0.4) is 0 Å². The molecule has 3 nitrogen and oxygen atoms in total. The van der Waals surface area contributed by atoms with E-state index in [4.69, 9.17) is 0 Å². The highest BCUT2D eigenvalue weighted by molar-refractivity contribution is 7.33. The van der Waals surface area contributed by atoms with Crippen molar-refractivity contribution < 1.29 is 13.6 Å². The summed E-state index contributed by atoms with van der Waals surface area (Å²) in [6.07, 6.45) is 0. The molecule has 0 rings (SSSR count). The molecule has 0 aromatic heterocycles. The van der Waals surface area contributed by atoms with Gasteiger partial charge in [-0.25, -0.2) is 0 Å². The van der Waals surface area contributed by atoms with Crippen LogP contribution in [0.15, 0.2) is 0 Å². The van der Waals surface area contributed by atoms with E-state index in [1.165, 1.54) is 14.2 Å². The lowest BCUT2D eigenvalue weighted by Gasteiger charge is -1.89. The lowest BCUT2D eigenvalue weighted by molar-refractivity contribution is 0.302. The van der Waals surface area contributed by atoms with E-state index in [9.17, 15) is 4.57 Å². The summed E-state index contributed by atoms with van der Waals surface area (Å²) in [6.45, 7) is 0. The van der Waals surface area contributed by atoms with Crippen molar-refractivity contribution in [3.05, 3.63) is 0 Å². The monoisotopic (exact) mass is 126 g/mol. The van der Waals surface area contributed by atoms with Gasteiger partial charge in [-0.3, -0.25) is 4.57 Å². The molecular weight excluding hydrogens is 115 g/mol. The van der Waals surface area contributed by atoms with Crippen LogP contribution in [0, 0.1) is 0 Å². The molecule has 0 heterocycles. The quantitative estimate of drug-likeness (QED) is 0.523. The molecule has 0 N–H and O–H groups in total. The summed E-state index contributed by atoms with van der Waals surface area (Å²) in [7, 11) is 0.558. The molecule has 0 amide bonds. The van der Waals surface area contributed by atoms with Crippen molar-refractivity contribution in [2.24, 2.45) is 0 Å². The fourth-order valence-electron chi connectivity index (χ4n) is 0.0833. The van der Waals surface area contributed by atoms with Gasteiger partial charge in [0.25, 0.3) is 0 Å². The molecule has 7 heavy (non-hydrogen) atoms. The van der Waals surface area contributed by atoms with E-state index in [-0.39, 0.29) is 7.43 Å². The van der Waals surface area contributed by atoms with E-state index in [1.807, 2.05) is 0 Å². The van der Waals surface area contributed by atoms with Gasteiger partial charge in [0.1, 0.15) is 0 Å². The van der Waals surface area contributed by atoms with Gasteiger partial charge in [-0.05, 0) is 0 Å². The zero-order chi connectivity index (χ0) is 4.99. The van der Waals surface area contributed by atoms with Crippen LogP contribution >= 0.6 is 8.25 Å². The number of rotatable bonds is 2. The van der Waals surface area contributed by atoms with E-state index in [0.29, 0.717) is 0 Å². The zero-order valence-corrected chi connectivity index (χ0v) is 4.72. The molecule has 0 saturated carbocycles. The highest BCUT2D eigenvalue weighted by Crippen LogP contribution is 2.18. The molecule has 0 saturated heterocycles. The molecule has 0 bridgehead atoms. The minimum absolute atomic E-state index is 0.